The predicted octanol–water partition coefficient (Wildman–Crippen LogP) is 7.43. The summed E-state index contributed by atoms with van der Waals surface area (Å²) in [7, 11) is 0. The molecule has 0 aliphatic rings. The largest absolute Gasteiger partial charge is 0.478 e. The maximum Gasteiger partial charge on any atom is 0.340 e. The standard InChI is InChI=1S/2C11H7FN2O2.C10H8FN3O2.2C2H6/c12-7-2-3-8(9(6-7)11(15)16)10-13-4-1-5-14-10;12-8-4-1-3-7(11(15)16)9(8)10-13-5-2-6-14-10;1-6-2-3-7(14-12-4-5-13-14)8(9(6)11)10(15)16;2*1-2/h2*1-6H,(H,15,16);2-5H,1H3,(H,15,16);2*1-2H3. The Labute approximate surface area is 296 Å². The van der Waals surface area contributed by atoms with Crippen LogP contribution in [0.15, 0.2) is 97.8 Å². The molecule has 0 aliphatic heterocycles. The summed E-state index contributed by atoms with van der Waals surface area (Å²) in [6.07, 6.45) is 8.64. The second-order valence-corrected chi connectivity index (χ2v) is 9.32. The lowest BCUT2D eigenvalue weighted by molar-refractivity contribution is 0.0682. The summed E-state index contributed by atoms with van der Waals surface area (Å²) in [5.74, 6) is -5.43. The number of hydrogen-bond donors (Lipinski definition) is 3. The minimum absolute atomic E-state index is 0.0676. The van der Waals surface area contributed by atoms with Gasteiger partial charge in [-0.1, -0.05) is 39.8 Å². The average molecular weight is 718 g/mol. The molecule has 0 radical (unpaired) electrons. The minimum Gasteiger partial charge on any atom is -0.478 e. The van der Waals surface area contributed by atoms with Crippen molar-refractivity contribution in [3.63, 3.8) is 0 Å². The zero-order valence-electron chi connectivity index (χ0n) is 28.6. The molecule has 0 saturated carbocycles. The van der Waals surface area contributed by atoms with Crippen molar-refractivity contribution in [3.8, 4) is 28.5 Å². The number of rotatable bonds is 6. The molecule has 13 nitrogen and oxygen atoms in total. The van der Waals surface area contributed by atoms with Crippen molar-refractivity contribution >= 4 is 17.9 Å². The smallest absolute Gasteiger partial charge is 0.340 e. The van der Waals surface area contributed by atoms with Gasteiger partial charge in [-0.15, -0.1) is 0 Å². The van der Waals surface area contributed by atoms with Crippen LogP contribution >= 0.6 is 0 Å². The normalized spacial score (nSPS) is 9.62. The van der Waals surface area contributed by atoms with E-state index in [4.69, 9.17) is 15.3 Å². The highest BCUT2D eigenvalue weighted by atomic mass is 19.1. The number of aromatic carboxylic acids is 3. The van der Waals surface area contributed by atoms with Gasteiger partial charge in [-0.3, -0.25) is 0 Å². The molecule has 3 aromatic carbocycles. The van der Waals surface area contributed by atoms with Gasteiger partial charge in [0, 0.05) is 30.4 Å². The number of aromatic nitrogens is 7. The number of aryl methyl sites for hydroxylation is 1. The number of carboxylic acids is 3. The van der Waals surface area contributed by atoms with Gasteiger partial charge in [0.2, 0.25) is 0 Å². The molecule has 0 amide bonds. The summed E-state index contributed by atoms with van der Waals surface area (Å²) in [5, 5.41) is 34.4. The predicted molar refractivity (Wildman–Crippen MR) is 184 cm³/mol. The Morgan fingerprint density at radius 3 is 1.67 bits per heavy atom. The fourth-order valence-electron chi connectivity index (χ4n) is 4.06. The number of carboxylic acid groups (broad SMARTS) is 3. The second-order valence-electron chi connectivity index (χ2n) is 9.32. The van der Waals surface area contributed by atoms with Crippen LogP contribution in [0.3, 0.4) is 0 Å². The third kappa shape index (κ3) is 10.8. The molecule has 6 aromatic rings. The third-order valence-electron chi connectivity index (χ3n) is 6.21. The van der Waals surface area contributed by atoms with Crippen LogP contribution in [0.5, 0.6) is 0 Å². The van der Waals surface area contributed by atoms with E-state index in [9.17, 15) is 27.6 Å². The van der Waals surface area contributed by atoms with E-state index in [1.54, 1.807) is 12.1 Å². The molecule has 0 aliphatic carbocycles. The van der Waals surface area contributed by atoms with Crippen LogP contribution in [0.4, 0.5) is 13.2 Å². The summed E-state index contributed by atoms with van der Waals surface area (Å²) < 4.78 is 40.1. The molecule has 0 bridgehead atoms. The molecule has 3 heterocycles. The average Bonchev–Trinajstić information content (AvgIpc) is 3.70. The molecule has 270 valence electrons. The van der Waals surface area contributed by atoms with Crippen LogP contribution < -0.4 is 0 Å². The van der Waals surface area contributed by atoms with E-state index in [0.29, 0.717) is 5.56 Å². The summed E-state index contributed by atoms with van der Waals surface area (Å²) in [6.45, 7) is 9.50. The van der Waals surface area contributed by atoms with Crippen LogP contribution in [0.1, 0.15) is 64.3 Å². The van der Waals surface area contributed by atoms with E-state index < -0.39 is 40.9 Å². The fourth-order valence-corrected chi connectivity index (χ4v) is 4.06. The lowest BCUT2D eigenvalue weighted by Gasteiger charge is -2.07. The third-order valence-corrected chi connectivity index (χ3v) is 6.21. The Balaban J connectivity index is 0.000000257. The number of benzene rings is 3. The van der Waals surface area contributed by atoms with Gasteiger partial charge < -0.3 is 15.3 Å². The SMILES string of the molecule is CC.CC.Cc1ccc(-n2nccn2)c(C(=O)O)c1F.O=C(O)c1cc(F)ccc1-c1ncccn1.O=C(O)c1cccc(F)c1-c1ncccn1. The Morgan fingerprint density at radius 1 is 0.615 bits per heavy atom. The van der Waals surface area contributed by atoms with Gasteiger partial charge in [0.05, 0.1) is 29.1 Å². The van der Waals surface area contributed by atoms with Crippen molar-refractivity contribution in [1.29, 1.82) is 0 Å². The monoisotopic (exact) mass is 717 g/mol. The van der Waals surface area contributed by atoms with Gasteiger partial charge in [0.25, 0.3) is 0 Å². The van der Waals surface area contributed by atoms with Gasteiger partial charge in [-0.05, 0) is 61.0 Å². The van der Waals surface area contributed by atoms with Gasteiger partial charge in [-0.2, -0.15) is 15.0 Å². The molecule has 52 heavy (non-hydrogen) atoms. The number of nitrogens with zero attached hydrogens (tertiary/aromatic N) is 7. The van der Waals surface area contributed by atoms with Crippen molar-refractivity contribution in [1.82, 2.24) is 34.9 Å². The summed E-state index contributed by atoms with van der Waals surface area (Å²) in [4.78, 5) is 49.4. The van der Waals surface area contributed by atoms with Crippen LogP contribution in [-0.4, -0.2) is 68.2 Å². The van der Waals surface area contributed by atoms with Gasteiger partial charge in [0.1, 0.15) is 28.7 Å². The Morgan fingerprint density at radius 2 is 1.15 bits per heavy atom. The van der Waals surface area contributed by atoms with E-state index in [1.165, 1.54) is 86.6 Å². The molecule has 3 N–H and O–H groups in total. The summed E-state index contributed by atoms with van der Waals surface area (Å²) in [6, 6.07) is 13.5. The molecular formula is C36H34F3N7O6. The first-order valence-corrected chi connectivity index (χ1v) is 15.5. The molecule has 0 fully saturated rings. The van der Waals surface area contributed by atoms with E-state index >= 15 is 0 Å². The zero-order chi connectivity index (χ0) is 38.8. The highest BCUT2D eigenvalue weighted by molar-refractivity contribution is 5.95. The van der Waals surface area contributed by atoms with Gasteiger partial charge in [0.15, 0.2) is 11.6 Å². The molecule has 6 rings (SSSR count). The maximum absolute atomic E-state index is 13.7. The zero-order valence-corrected chi connectivity index (χ0v) is 28.6. The van der Waals surface area contributed by atoms with Crippen molar-refractivity contribution in [3.05, 3.63) is 138 Å². The Kier molecular flexibility index (Phi) is 16.4. The molecule has 16 heteroatoms. The Hall–Kier alpha value is -6.84. The first kappa shape index (κ1) is 41.3. The summed E-state index contributed by atoms with van der Waals surface area (Å²) in [5.41, 5.74) is -0.118. The van der Waals surface area contributed by atoms with Crippen LogP contribution in [0.2, 0.25) is 0 Å². The molecular weight excluding hydrogens is 683 g/mol. The number of halogens is 3. The van der Waals surface area contributed by atoms with E-state index in [2.05, 4.69) is 30.1 Å². The number of carbonyl (C=O) groups is 3. The van der Waals surface area contributed by atoms with E-state index in [1.807, 2.05) is 27.7 Å². The van der Waals surface area contributed by atoms with Crippen molar-refractivity contribution in [2.75, 3.05) is 0 Å². The lowest BCUT2D eigenvalue weighted by Crippen LogP contribution is -2.11. The first-order chi connectivity index (χ1) is 25.0. The highest BCUT2D eigenvalue weighted by Gasteiger charge is 2.20. The van der Waals surface area contributed by atoms with E-state index in [0.717, 1.165) is 10.9 Å². The van der Waals surface area contributed by atoms with Crippen molar-refractivity contribution in [2.24, 2.45) is 0 Å². The first-order valence-electron chi connectivity index (χ1n) is 15.5. The highest BCUT2D eigenvalue weighted by Crippen LogP contribution is 2.24. The fraction of sp³-hybridized carbons (Fsp3) is 0.139. The molecule has 0 unspecified atom stereocenters. The molecule has 0 atom stereocenters. The van der Waals surface area contributed by atoms with Crippen molar-refractivity contribution < 1.29 is 42.9 Å². The minimum atomic E-state index is -1.34. The molecule has 0 spiro atoms. The second kappa shape index (κ2) is 20.6. The Bertz CT molecular complexity index is 2060. The number of hydrogen-bond acceptors (Lipinski definition) is 9. The molecule has 3 aromatic heterocycles. The lowest BCUT2D eigenvalue weighted by atomic mass is 10.1. The van der Waals surface area contributed by atoms with Gasteiger partial charge in [-0.25, -0.2) is 47.5 Å². The van der Waals surface area contributed by atoms with Gasteiger partial charge >= 0.3 is 17.9 Å². The van der Waals surface area contributed by atoms with Crippen LogP contribution in [-0.2, 0) is 0 Å². The van der Waals surface area contributed by atoms with Crippen LogP contribution in [0, 0.1) is 24.4 Å². The van der Waals surface area contributed by atoms with Crippen molar-refractivity contribution in [2.45, 2.75) is 34.6 Å². The summed E-state index contributed by atoms with van der Waals surface area (Å²) >= 11 is 0. The maximum atomic E-state index is 13.7. The van der Waals surface area contributed by atoms with E-state index in [-0.39, 0.29) is 39.6 Å². The quantitative estimate of drug-likeness (QED) is 0.154. The topological polar surface area (TPSA) is 194 Å². The molecule has 0 saturated heterocycles. The van der Waals surface area contributed by atoms with Crippen LogP contribution in [0.25, 0.3) is 28.5 Å².